The Morgan fingerprint density at radius 3 is 2.63 bits per heavy atom. The molecule has 2 rings (SSSR count). The highest BCUT2D eigenvalue weighted by molar-refractivity contribution is 6.38. The van der Waals surface area contributed by atoms with Gasteiger partial charge in [0.1, 0.15) is 0 Å². The van der Waals surface area contributed by atoms with Gasteiger partial charge in [-0.15, -0.1) is 0 Å². The van der Waals surface area contributed by atoms with Gasteiger partial charge >= 0.3 is 0 Å². The van der Waals surface area contributed by atoms with E-state index in [0.717, 1.165) is 30.4 Å². The van der Waals surface area contributed by atoms with Crippen LogP contribution in [0.25, 0.3) is 10.9 Å². The average molecular weight is 299 g/mol. The first-order chi connectivity index (χ1) is 8.87. The third-order valence-corrected chi connectivity index (χ3v) is 3.57. The van der Waals surface area contributed by atoms with Gasteiger partial charge in [-0.25, -0.2) is 0 Å². The maximum absolute atomic E-state index is 6.19. The Labute approximate surface area is 124 Å². The first kappa shape index (κ1) is 14.7. The van der Waals surface area contributed by atoms with Crippen LogP contribution in [-0.4, -0.2) is 16.7 Å². The number of aryl methyl sites for hydroxylation is 1. The van der Waals surface area contributed by atoms with Gasteiger partial charge in [0, 0.05) is 28.7 Å². The normalized spacial score (nSPS) is 12.3. The summed E-state index contributed by atoms with van der Waals surface area (Å²) in [5, 5.41) is 5.96. The van der Waals surface area contributed by atoms with Gasteiger partial charge in [0.15, 0.2) is 0 Å². The van der Waals surface area contributed by atoms with Gasteiger partial charge in [-0.1, -0.05) is 23.2 Å². The summed E-state index contributed by atoms with van der Waals surface area (Å²) in [7, 11) is 0. The van der Waals surface area contributed by atoms with E-state index in [0.29, 0.717) is 10.0 Å². The lowest BCUT2D eigenvalue weighted by Crippen LogP contribution is -2.36. The van der Waals surface area contributed by atoms with Crippen molar-refractivity contribution in [1.82, 2.24) is 9.88 Å². The van der Waals surface area contributed by atoms with Crippen molar-refractivity contribution < 1.29 is 0 Å². The van der Waals surface area contributed by atoms with Gasteiger partial charge in [0.2, 0.25) is 0 Å². The number of hydrogen-bond donors (Lipinski definition) is 1. The molecule has 0 amide bonds. The Bertz CT molecular complexity index is 567. The molecule has 1 N–H and O–H groups in total. The van der Waals surface area contributed by atoms with Crippen molar-refractivity contribution in [3.8, 4) is 0 Å². The molecule has 1 aromatic carbocycles. The molecular formula is C15H20Cl2N2. The van der Waals surface area contributed by atoms with Crippen LogP contribution in [0.5, 0.6) is 0 Å². The zero-order valence-corrected chi connectivity index (χ0v) is 13.1. The van der Waals surface area contributed by atoms with Gasteiger partial charge in [0.05, 0.1) is 10.5 Å². The first-order valence-corrected chi connectivity index (χ1v) is 7.31. The van der Waals surface area contributed by atoms with Crippen molar-refractivity contribution in [3.63, 3.8) is 0 Å². The molecule has 0 spiro atoms. The molecule has 104 valence electrons. The molecule has 0 aliphatic rings. The number of benzene rings is 1. The minimum absolute atomic E-state index is 0.172. The Morgan fingerprint density at radius 2 is 1.95 bits per heavy atom. The second-order valence-corrected chi connectivity index (χ2v) is 6.70. The first-order valence-electron chi connectivity index (χ1n) is 6.56. The van der Waals surface area contributed by atoms with E-state index in [2.05, 4.69) is 36.9 Å². The Balaban J connectivity index is 2.05. The third kappa shape index (κ3) is 3.88. The van der Waals surface area contributed by atoms with Crippen molar-refractivity contribution in [2.24, 2.45) is 0 Å². The van der Waals surface area contributed by atoms with E-state index in [1.807, 2.05) is 12.1 Å². The summed E-state index contributed by atoms with van der Waals surface area (Å²) in [6.07, 6.45) is 3.15. The topological polar surface area (TPSA) is 17.0 Å². The largest absolute Gasteiger partial charge is 0.347 e. The minimum atomic E-state index is 0.172. The number of fused-ring (bicyclic) bond motifs is 1. The summed E-state index contributed by atoms with van der Waals surface area (Å²) in [6, 6.07) is 5.81. The number of nitrogens with zero attached hydrogens (tertiary/aromatic N) is 1. The van der Waals surface area contributed by atoms with Crippen LogP contribution in [0.4, 0.5) is 0 Å². The van der Waals surface area contributed by atoms with Crippen molar-refractivity contribution in [2.75, 3.05) is 6.54 Å². The second-order valence-electron chi connectivity index (χ2n) is 5.86. The van der Waals surface area contributed by atoms with Crippen molar-refractivity contribution in [1.29, 1.82) is 0 Å². The Kier molecular flexibility index (Phi) is 4.44. The van der Waals surface area contributed by atoms with Crippen LogP contribution < -0.4 is 5.32 Å². The van der Waals surface area contributed by atoms with E-state index in [4.69, 9.17) is 23.2 Å². The maximum atomic E-state index is 6.19. The summed E-state index contributed by atoms with van der Waals surface area (Å²) < 4.78 is 2.21. The molecule has 0 aliphatic heterocycles. The predicted molar refractivity (Wildman–Crippen MR) is 84.3 cm³/mol. The molecule has 0 atom stereocenters. The molecule has 0 saturated carbocycles. The van der Waals surface area contributed by atoms with Gasteiger partial charge in [-0.3, -0.25) is 0 Å². The molecule has 1 aromatic heterocycles. The Morgan fingerprint density at radius 1 is 1.21 bits per heavy atom. The van der Waals surface area contributed by atoms with Gasteiger partial charge < -0.3 is 9.88 Å². The van der Waals surface area contributed by atoms with E-state index in [-0.39, 0.29) is 5.54 Å². The zero-order chi connectivity index (χ0) is 14.0. The monoisotopic (exact) mass is 298 g/mol. The minimum Gasteiger partial charge on any atom is -0.347 e. The van der Waals surface area contributed by atoms with Gasteiger partial charge in [0.25, 0.3) is 0 Å². The lowest BCUT2D eigenvalue weighted by molar-refractivity contribution is 0.414. The Hall–Kier alpha value is -0.700. The molecule has 1 heterocycles. The van der Waals surface area contributed by atoms with Gasteiger partial charge in [-0.05, 0) is 51.9 Å². The summed E-state index contributed by atoms with van der Waals surface area (Å²) >= 11 is 12.3. The van der Waals surface area contributed by atoms with E-state index >= 15 is 0 Å². The molecule has 2 aromatic rings. The number of hydrogen-bond acceptors (Lipinski definition) is 1. The predicted octanol–water partition coefficient (Wildman–Crippen LogP) is 4.73. The highest BCUT2D eigenvalue weighted by Gasteiger charge is 2.09. The quantitative estimate of drug-likeness (QED) is 0.808. The molecule has 4 heteroatoms. The molecule has 0 saturated heterocycles. The summed E-state index contributed by atoms with van der Waals surface area (Å²) in [4.78, 5) is 0. The number of aromatic nitrogens is 1. The zero-order valence-electron chi connectivity index (χ0n) is 11.6. The molecule has 0 bridgehead atoms. The summed E-state index contributed by atoms with van der Waals surface area (Å²) in [6.45, 7) is 8.49. The fraction of sp³-hybridized carbons (Fsp3) is 0.467. The van der Waals surface area contributed by atoms with Crippen molar-refractivity contribution in [3.05, 3.63) is 34.4 Å². The molecule has 2 nitrogen and oxygen atoms in total. The molecule has 0 radical (unpaired) electrons. The van der Waals surface area contributed by atoms with Crippen LogP contribution in [0.3, 0.4) is 0 Å². The SMILES string of the molecule is CC(C)(C)NCCCn1ccc2c(Cl)cc(Cl)cc21. The third-order valence-electron chi connectivity index (χ3n) is 3.03. The van der Waals surface area contributed by atoms with E-state index in [9.17, 15) is 0 Å². The van der Waals surface area contributed by atoms with Gasteiger partial charge in [-0.2, -0.15) is 0 Å². The second kappa shape index (κ2) is 5.74. The van der Waals surface area contributed by atoms with Crippen LogP contribution in [0.1, 0.15) is 27.2 Å². The molecule has 0 aliphatic carbocycles. The molecule has 0 unspecified atom stereocenters. The van der Waals surface area contributed by atoms with Crippen molar-refractivity contribution >= 4 is 34.1 Å². The summed E-state index contributed by atoms with van der Waals surface area (Å²) in [5.74, 6) is 0. The maximum Gasteiger partial charge on any atom is 0.0514 e. The number of rotatable bonds is 4. The molecule has 19 heavy (non-hydrogen) atoms. The fourth-order valence-corrected chi connectivity index (χ4v) is 2.67. The van der Waals surface area contributed by atoms with Crippen LogP contribution in [0.2, 0.25) is 10.0 Å². The highest BCUT2D eigenvalue weighted by Crippen LogP contribution is 2.28. The number of halogens is 2. The van der Waals surface area contributed by atoms with E-state index in [1.165, 1.54) is 0 Å². The van der Waals surface area contributed by atoms with E-state index in [1.54, 1.807) is 6.07 Å². The number of nitrogens with one attached hydrogen (secondary N) is 1. The average Bonchev–Trinajstić information content (AvgIpc) is 2.66. The van der Waals surface area contributed by atoms with Crippen LogP contribution in [0.15, 0.2) is 24.4 Å². The standard InChI is InChI=1S/C15H20Cl2N2/c1-15(2,3)18-6-4-7-19-8-5-12-13(17)9-11(16)10-14(12)19/h5,8-10,18H,4,6-7H2,1-3H3. The summed E-state index contributed by atoms with van der Waals surface area (Å²) in [5.41, 5.74) is 1.28. The van der Waals surface area contributed by atoms with Crippen LogP contribution >= 0.6 is 23.2 Å². The van der Waals surface area contributed by atoms with Crippen LogP contribution in [0, 0.1) is 0 Å². The molecular weight excluding hydrogens is 279 g/mol. The smallest absolute Gasteiger partial charge is 0.0514 e. The lowest BCUT2D eigenvalue weighted by atomic mass is 10.1. The highest BCUT2D eigenvalue weighted by atomic mass is 35.5. The van der Waals surface area contributed by atoms with E-state index < -0.39 is 0 Å². The lowest BCUT2D eigenvalue weighted by Gasteiger charge is -2.20. The van der Waals surface area contributed by atoms with Crippen molar-refractivity contribution in [2.45, 2.75) is 39.3 Å². The fourth-order valence-electron chi connectivity index (χ4n) is 2.13. The molecule has 0 fully saturated rings. The van der Waals surface area contributed by atoms with Crippen LogP contribution in [-0.2, 0) is 6.54 Å².